The molecule has 0 bridgehead atoms. The molecule has 1 N–H and O–H groups in total. The lowest BCUT2D eigenvalue weighted by atomic mass is 10.2. The average molecular weight is 576 g/mol. The predicted octanol–water partition coefficient (Wildman–Crippen LogP) is 3.63. The summed E-state index contributed by atoms with van der Waals surface area (Å²) < 4.78 is 35.6. The van der Waals surface area contributed by atoms with Crippen LogP contribution >= 0.6 is 11.8 Å². The zero-order valence-electron chi connectivity index (χ0n) is 21.1. The molecule has 0 radical (unpaired) electrons. The monoisotopic (exact) mass is 575 g/mol. The summed E-state index contributed by atoms with van der Waals surface area (Å²) in [6.45, 7) is 3.66. The van der Waals surface area contributed by atoms with Gasteiger partial charge in [-0.2, -0.15) is 9.41 Å². The fourth-order valence-corrected chi connectivity index (χ4v) is 6.61. The van der Waals surface area contributed by atoms with Crippen molar-refractivity contribution in [3.05, 3.63) is 74.6 Å². The van der Waals surface area contributed by atoms with Crippen molar-refractivity contribution in [1.82, 2.24) is 13.9 Å². The van der Waals surface area contributed by atoms with Gasteiger partial charge < -0.3 is 9.30 Å². The Labute approximate surface area is 228 Å². The standard InChI is InChI=1S/C23H25N7O7S2/c1-15-13-28(14-16(2)37-15)39(35,36)22-11-18(29(31)32)5-6-19(22)26-25-12-17-4-7-21(20(10-17)30(33)34)38-23-24-8-9-27(23)3/h4-12,15-16,26H,13-14H2,1-3H3/b25-12-/t15-,16+. The molecule has 39 heavy (non-hydrogen) atoms. The molecule has 0 saturated carbocycles. The van der Waals surface area contributed by atoms with Crippen molar-refractivity contribution in [2.45, 2.75) is 41.0 Å². The molecule has 1 fully saturated rings. The number of morpholine rings is 1. The zero-order valence-corrected chi connectivity index (χ0v) is 22.8. The molecule has 16 heteroatoms. The lowest BCUT2D eigenvalue weighted by Gasteiger charge is -2.34. The summed E-state index contributed by atoms with van der Waals surface area (Å²) in [5.41, 5.74) is 2.47. The number of ether oxygens (including phenoxy) is 1. The second-order valence-corrected chi connectivity index (χ2v) is 11.7. The number of nitro benzene ring substituents is 2. The van der Waals surface area contributed by atoms with Gasteiger partial charge in [-0.25, -0.2) is 13.4 Å². The Kier molecular flexibility index (Phi) is 8.29. The molecule has 0 amide bonds. The smallest absolute Gasteiger partial charge is 0.283 e. The van der Waals surface area contributed by atoms with Crippen LogP contribution in [0.2, 0.25) is 0 Å². The van der Waals surface area contributed by atoms with Crippen molar-refractivity contribution >= 4 is 45.1 Å². The molecule has 0 aliphatic carbocycles. The number of hydrazone groups is 1. The summed E-state index contributed by atoms with van der Waals surface area (Å²) in [5.74, 6) is 0. The molecule has 4 rings (SSSR count). The summed E-state index contributed by atoms with van der Waals surface area (Å²) in [7, 11) is -2.37. The second kappa shape index (κ2) is 11.5. The van der Waals surface area contributed by atoms with Crippen molar-refractivity contribution < 1.29 is 23.0 Å². The van der Waals surface area contributed by atoms with Crippen LogP contribution in [0.25, 0.3) is 0 Å². The van der Waals surface area contributed by atoms with Crippen molar-refractivity contribution in [1.29, 1.82) is 0 Å². The van der Waals surface area contributed by atoms with Crippen molar-refractivity contribution in [2.24, 2.45) is 12.1 Å². The second-order valence-electron chi connectivity index (χ2n) is 8.79. The highest BCUT2D eigenvalue weighted by Gasteiger charge is 2.34. The Balaban J connectivity index is 1.61. The van der Waals surface area contributed by atoms with E-state index in [4.69, 9.17) is 4.74 Å². The molecule has 1 saturated heterocycles. The first-order valence-electron chi connectivity index (χ1n) is 11.6. The normalized spacial score (nSPS) is 18.3. The molecule has 0 unspecified atom stereocenters. The minimum absolute atomic E-state index is 0.0140. The van der Waals surface area contributed by atoms with Gasteiger partial charge >= 0.3 is 0 Å². The maximum Gasteiger partial charge on any atom is 0.283 e. The van der Waals surface area contributed by atoms with E-state index in [1.165, 1.54) is 22.7 Å². The summed E-state index contributed by atoms with van der Waals surface area (Å²) in [6, 6.07) is 7.92. The van der Waals surface area contributed by atoms with Crippen LogP contribution in [0.4, 0.5) is 17.1 Å². The SMILES string of the molecule is C[C@@H]1CN(S(=O)(=O)c2cc([N+](=O)[O-])ccc2N/N=C\c2ccc(Sc3nccn3C)c([N+](=O)[O-])c2)C[C@H](C)O1. The Morgan fingerprint density at radius 3 is 2.46 bits per heavy atom. The quantitative estimate of drug-likeness (QED) is 0.225. The predicted molar refractivity (Wildman–Crippen MR) is 144 cm³/mol. The van der Waals surface area contributed by atoms with Gasteiger partial charge in [0.1, 0.15) is 4.90 Å². The van der Waals surface area contributed by atoms with E-state index in [1.54, 1.807) is 50.0 Å². The van der Waals surface area contributed by atoms with E-state index in [1.807, 2.05) is 0 Å². The zero-order chi connectivity index (χ0) is 28.3. The van der Waals surface area contributed by atoms with Gasteiger partial charge in [-0.3, -0.25) is 25.7 Å². The van der Waals surface area contributed by atoms with Crippen LogP contribution in [0, 0.1) is 20.2 Å². The number of benzene rings is 2. The lowest BCUT2D eigenvalue weighted by molar-refractivity contribution is -0.387. The van der Waals surface area contributed by atoms with Gasteiger partial charge in [-0.05, 0) is 37.7 Å². The largest absolute Gasteiger partial charge is 0.373 e. The van der Waals surface area contributed by atoms with Crippen LogP contribution < -0.4 is 5.43 Å². The number of nitrogens with zero attached hydrogens (tertiary/aromatic N) is 6. The Hall–Kier alpha value is -3.86. The molecule has 206 valence electrons. The van der Waals surface area contributed by atoms with Crippen molar-refractivity contribution in [3.8, 4) is 0 Å². The fourth-order valence-electron chi connectivity index (χ4n) is 3.97. The van der Waals surface area contributed by atoms with Gasteiger partial charge in [0.25, 0.3) is 11.4 Å². The lowest BCUT2D eigenvalue weighted by Crippen LogP contribution is -2.48. The van der Waals surface area contributed by atoms with Crippen LogP contribution in [0.3, 0.4) is 0 Å². The molecule has 2 heterocycles. The Bertz CT molecular complexity index is 1530. The first-order chi connectivity index (χ1) is 18.5. The maximum absolute atomic E-state index is 13.5. The molecule has 14 nitrogen and oxygen atoms in total. The van der Waals surface area contributed by atoms with E-state index in [0.29, 0.717) is 15.6 Å². The first-order valence-corrected chi connectivity index (χ1v) is 13.9. The minimum Gasteiger partial charge on any atom is -0.373 e. The molecule has 1 aliphatic heterocycles. The van der Waals surface area contributed by atoms with Gasteiger partial charge in [0.05, 0.1) is 38.9 Å². The van der Waals surface area contributed by atoms with E-state index in [2.05, 4.69) is 15.5 Å². The molecular weight excluding hydrogens is 550 g/mol. The van der Waals surface area contributed by atoms with Crippen LogP contribution in [0.15, 0.2) is 68.8 Å². The third-order valence-electron chi connectivity index (χ3n) is 5.74. The van der Waals surface area contributed by atoms with E-state index in [9.17, 15) is 28.6 Å². The molecule has 0 spiro atoms. The highest BCUT2D eigenvalue weighted by molar-refractivity contribution is 7.99. The summed E-state index contributed by atoms with van der Waals surface area (Å²) in [6.07, 6.45) is 3.90. The number of hydrogen-bond donors (Lipinski definition) is 1. The van der Waals surface area contributed by atoms with Crippen LogP contribution in [-0.2, 0) is 21.8 Å². The van der Waals surface area contributed by atoms with E-state index >= 15 is 0 Å². The van der Waals surface area contributed by atoms with Gasteiger partial charge in [-0.15, -0.1) is 0 Å². The highest BCUT2D eigenvalue weighted by atomic mass is 32.2. The van der Waals surface area contributed by atoms with Crippen molar-refractivity contribution in [3.63, 3.8) is 0 Å². The third-order valence-corrected chi connectivity index (χ3v) is 8.75. The minimum atomic E-state index is -4.15. The average Bonchev–Trinajstić information content (AvgIpc) is 3.28. The first kappa shape index (κ1) is 28.2. The van der Waals surface area contributed by atoms with E-state index < -0.39 is 25.6 Å². The molecule has 2 atom stereocenters. The van der Waals surface area contributed by atoms with Gasteiger partial charge in [0.15, 0.2) is 5.16 Å². The number of anilines is 1. The topological polar surface area (TPSA) is 175 Å². The van der Waals surface area contributed by atoms with Crippen LogP contribution in [-0.4, -0.2) is 63.6 Å². The number of hydrogen-bond acceptors (Lipinski definition) is 11. The van der Waals surface area contributed by atoms with E-state index in [-0.39, 0.29) is 41.6 Å². The third kappa shape index (κ3) is 6.42. The number of non-ortho nitro benzene ring substituents is 1. The van der Waals surface area contributed by atoms with Crippen LogP contribution in [0.1, 0.15) is 19.4 Å². The molecular formula is C23H25N7O7S2. The molecule has 1 aliphatic rings. The van der Waals surface area contributed by atoms with Crippen LogP contribution in [0.5, 0.6) is 0 Å². The van der Waals surface area contributed by atoms with Gasteiger partial charge in [0, 0.05) is 56.3 Å². The number of sulfonamides is 1. The number of aromatic nitrogens is 2. The number of aryl methyl sites for hydroxylation is 1. The summed E-state index contributed by atoms with van der Waals surface area (Å²) >= 11 is 1.14. The van der Waals surface area contributed by atoms with Crippen molar-refractivity contribution in [2.75, 3.05) is 18.5 Å². The molecule has 1 aromatic heterocycles. The Morgan fingerprint density at radius 2 is 1.85 bits per heavy atom. The number of rotatable bonds is 9. The summed E-state index contributed by atoms with van der Waals surface area (Å²) in [4.78, 5) is 26.1. The number of imidazole rings is 1. The Morgan fingerprint density at radius 1 is 1.13 bits per heavy atom. The maximum atomic E-state index is 13.5. The molecule has 3 aromatic rings. The van der Waals surface area contributed by atoms with E-state index in [0.717, 1.165) is 23.9 Å². The van der Waals surface area contributed by atoms with Gasteiger partial charge in [-0.1, -0.05) is 6.07 Å². The van der Waals surface area contributed by atoms with Gasteiger partial charge in [0.2, 0.25) is 10.0 Å². The fraction of sp³-hybridized carbons (Fsp3) is 0.304. The summed E-state index contributed by atoms with van der Waals surface area (Å²) in [5, 5.41) is 27.7. The highest BCUT2D eigenvalue weighted by Crippen LogP contribution is 2.34. The number of nitro groups is 2. The molecule has 2 aromatic carbocycles. The number of nitrogens with one attached hydrogen (secondary N) is 1.